The standard InChI is InChI=1S/C28H29N3O5/c1-3-4-5-8-15-36-25-14-13-19(17-26(25)34-2)27(32)30-31-28(33)21-18-23(24-12-9-16-35-24)29-22-11-7-6-10-20(21)22/h6-7,9-14,16-18H,3-5,8,15H2,1-2H3,(H,30,32)(H,31,33). The maximum atomic E-state index is 13.1. The summed E-state index contributed by atoms with van der Waals surface area (Å²) in [5.74, 6) is 0.601. The lowest BCUT2D eigenvalue weighted by atomic mass is 10.1. The van der Waals surface area contributed by atoms with Crippen LogP contribution in [0.15, 0.2) is 71.3 Å². The van der Waals surface area contributed by atoms with Crippen LogP contribution in [0.4, 0.5) is 0 Å². The van der Waals surface area contributed by atoms with Gasteiger partial charge in [-0.25, -0.2) is 4.98 Å². The number of amides is 2. The molecule has 0 saturated heterocycles. The van der Waals surface area contributed by atoms with E-state index in [0.717, 1.165) is 19.3 Å². The molecule has 36 heavy (non-hydrogen) atoms. The summed E-state index contributed by atoms with van der Waals surface area (Å²) in [6, 6.07) is 17.4. The Hall–Kier alpha value is -4.33. The fourth-order valence-electron chi connectivity index (χ4n) is 3.81. The van der Waals surface area contributed by atoms with E-state index in [1.165, 1.54) is 13.5 Å². The van der Waals surface area contributed by atoms with E-state index in [-0.39, 0.29) is 0 Å². The molecule has 0 atom stereocenters. The largest absolute Gasteiger partial charge is 0.493 e. The molecule has 0 aliphatic carbocycles. The minimum Gasteiger partial charge on any atom is -0.493 e. The number of pyridine rings is 1. The molecule has 0 saturated carbocycles. The quantitative estimate of drug-likeness (QED) is 0.225. The monoisotopic (exact) mass is 487 g/mol. The van der Waals surface area contributed by atoms with Gasteiger partial charge in [-0.15, -0.1) is 0 Å². The van der Waals surface area contributed by atoms with Gasteiger partial charge >= 0.3 is 0 Å². The van der Waals surface area contributed by atoms with Gasteiger partial charge in [0.2, 0.25) is 0 Å². The SMILES string of the molecule is CCCCCCOc1ccc(C(=O)NNC(=O)c2cc(-c3ccco3)nc3ccccc23)cc1OC. The zero-order valence-electron chi connectivity index (χ0n) is 20.4. The van der Waals surface area contributed by atoms with E-state index in [2.05, 4.69) is 22.8 Å². The summed E-state index contributed by atoms with van der Waals surface area (Å²) in [6.45, 7) is 2.74. The lowest BCUT2D eigenvalue weighted by molar-refractivity contribution is 0.0847. The average molecular weight is 488 g/mol. The van der Waals surface area contributed by atoms with Crippen molar-refractivity contribution in [1.29, 1.82) is 0 Å². The van der Waals surface area contributed by atoms with Crippen LogP contribution < -0.4 is 20.3 Å². The van der Waals surface area contributed by atoms with Crippen LogP contribution in [0.1, 0.15) is 53.3 Å². The minimum atomic E-state index is -0.485. The van der Waals surface area contributed by atoms with Crippen molar-refractivity contribution in [3.8, 4) is 23.0 Å². The van der Waals surface area contributed by atoms with E-state index in [0.29, 0.717) is 51.6 Å². The van der Waals surface area contributed by atoms with Crippen molar-refractivity contribution in [1.82, 2.24) is 15.8 Å². The van der Waals surface area contributed by atoms with Crippen LogP contribution in [-0.2, 0) is 0 Å². The molecule has 4 rings (SSSR count). The van der Waals surface area contributed by atoms with Crippen LogP contribution in [0.3, 0.4) is 0 Å². The third kappa shape index (κ3) is 5.83. The Morgan fingerprint density at radius 1 is 0.917 bits per heavy atom. The Balaban J connectivity index is 1.45. The Labute approximate surface area is 209 Å². The lowest BCUT2D eigenvalue weighted by Crippen LogP contribution is -2.41. The number of carbonyl (C=O) groups excluding carboxylic acids is 2. The number of hydrogen-bond donors (Lipinski definition) is 2. The van der Waals surface area contributed by atoms with E-state index in [1.807, 2.05) is 18.2 Å². The van der Waals surface area contributed by atoms with Gasteiger partial charge in [0.25, 0.3) is 11.8 Å². The second kappa shape index (κ2) is 11.9. The fourth-order valence-corrected chi connectivity index (χ4v) is 3.81. The molecule has 0 radical (unpaired) electrons. The number of carbonyl (C=O) groups is 2. The third-order valence-corrected chi connectivity index (χ3v) is 5.71. The predicted molar refractivity (Wildman–Crippen MR) is 137 cm³/mol. The molecule has 0 bridgehead atoms. The highest BCUT2D eigenvalue weighted by molar-refractivity contribution is 6.08. The van der Waals surface area contributed by atoms with Crippen molar-refractivity contribution in [2.75, 3.05) is 13.7 Å². The number of fused-ring (bicyclic) bond motifs is 1. The number of benzene rings is 2. The number of para-hydroxylation sites is 1. The van der Waals surface area contributed by atoms with Crippen LogP contribution in [0.5, 0.6) is 11.5 Å². The molecule has 8 heteroatoms. The van der Waals surface area contributed by atoms with Gasteiger partial charge in [-0.3, -0.25) is 20.4 Å². The number of nitrogens with one attached hydrogen (secondary N) is 2. The molecule has 2 N–H and O–H groups in total. The second-order valence-corrected chi connectivity index (χ2v) is 8.23. The molecule has 0 spiro atoms. The van der Waals surface area contributed by atoms with E-state index in [4.69, 9.17) is 13.9 Å². The van der Waals surface area contributed by atoms with Crippen LogP contribution in [0, 0.1) is 0 Å². The number of nitrogens with zero attached hydrogens (tertiary/aromatic N) is 1. The molecule has 2 aromatic carbocycles. The Morgan fingerprint density at radius 3 is 2.53 bits per heavy atom. The number of furan rings is 1. The molecular weight excluding hydrogens is 458 g/mol. The molecule has 0 aliphatic heterocycles. The summed E-state index contributed by atoms with van der Waals surface area (Å²) >= 11 is 0. The van der Waals surface area contributed by atoms with Gasteiger partial charge in [-0.05, 0) is 48.9 Å². The topological polar surface area (TPSA) is 103 Å². The van der Waals surface area contributed by atoms with Crippen molar-refractivity contribution in [2.45, 2.75) is 32.6 Å². The molecule has 2 amide bonds. The second-order valence-electron chi connectivity index (χ2n) is 8.23. The molecule has 0 fully saturated rings. The molecule has 2 heterocycles. The van der Waals surface area contributed by atoms with Gasteiger partial charge in [-0.1, -0.05) is 44.4 Å². The first-order valence-electron chi connectivity index (χ1n) is 12.0. The smallest absolute Gasteiger partial charge is 0.270 e. The summed E-state index contributed by atoms with van der Waals surface area (Å²) in [7, 11) is 1.52. The number of aromatic nitrogens is 1. The number of hydrogen-bond acceptors (Lipinski definition) is 6. The summed E-state index contributed by atoms with van der Waals surface area (Å²) in [4.78, 5) is 30.4. The van der Waals surface area contributed by atoms with Gasteiger partial charge in [0.1, 0.15) is 5.69 Å². The number of unbranched alkanes of at least 4 members (excludes halogenated alkanes) is 3. The summed E-state index contributed by atoms with van der Waals surface area (Å²) in [5.41, 5.74) is 6.81. The Kier molecular flexibility index (Phi) is 8.18. The molecule has 0 aliphatic rings. The minimum absolute atomic E-state index is 0.321. The normalized spacial score (nSPS) is 10.7. The van der Waals surface area contributed by atoms with Crippen LogP contribution in [0.25, 0.3) is 22.4 Å². The summed E-state index contributed by atoms with van der Waals surface area (Å²) in [6.07, 6.45) is 5.94. The van der Waals surface area contributed by atoms with Crippen LogP contribution >= 0.6 is 0 Å². The molecule has 4 aromatic rings. The van der Waals surface area contributed by atoms with Gasteiger partial charge < -0.3 is 13.9 Å². The van der Waals surface area contributed by atoms with Crippen molar-refractivity contribution in [3.63, 3.8) is 0 Å². The van der Waals surface area contributed by atoms with Gasteiger partial charge in [0.05, 0.1) is 31.1 Å². The van der Waals surface area contributed by atoms with E-state index >= 15 is 0 Å². The maximum absolute atomic E-state index is 13.1. The zero-order chi connectivity index (χ0) is 25.3. The van der Waals surface area contributed by atoms with E-state index < -0.39 is 11.8 Å². The highest BCUT2D eigenvalue weighted by Crippen LogP contribution is 2.28. The first-order valence-corrected chi connectivity index (χ1v) is 12.0. The number of hydrazine groups is 1. The number of rotatable bonds is 10. The summed E-state index contributed by atoms with van der Waals surface area (Å²) < 4.78 is 16.7. The first-order chi connectivity index (χ1) is 17.6. The third-order valence-electron chi connectivity index (χ3n) is 5.71. The number of methoxy groups -OCH3 is 1. The molecule has 186 valence electrons. The first kappa shape index (κ1) is 24.8. The maximum Gasteiger partial charge on any atom is 0.270 e. The van der Waals surface area contributed by atoms with Crippen molar-refractivity contribution in [2.24, 2.45) is 0 Å². The van der Waals surface area contributed by atoms with Gasteiger partial charge in [-0.2, -0.15) is 0 Å². The summed E-state index contributed by atoms with van der Waals surface area (Å²) in [5, 5.41) is 0.654. The molecule has 8 nitrogen and oxygen atoms in total. The van der Waals surface area contributed by atoms with Crippen LogP contribution in [0.2, 0.25) is 0 Å². The van der Waals surface area contributed by atoms with Gasteiger partial charge in [0.15, 0.2) is 17.3 Å². The fraction of sp³-hybridized carbons (Fsp3) is 0.250. The van der Waals surface area contributed by atoms with Crippen molar-refractivity contribution in [3.05, 3.63) is 78.1 Å². The van der Waals surface area contributed by atoms with E-state index in [1.54, 1.807) is 48.7 Å². The van der Waals surface area contributed by atoms with E-state index in [9.17, 15) is 9.59 Å². The van der Waals surface area contributed by atoms with Crippen molar-refractivity contribution >= 4 is 22.7 Å². The Morgan fingerprint density at radius 2 is 1.75 bits per heavy atom. The highest BCUT2D eigenvalue weighted by atomic mass is 16.5. The van der Waals surface area contributed by atoms with Crippen LogP contribution in [-0.4, -0.2) is 30.5 Å². The zero-order valence-corrected chi connectivity index (χ0v) is 20.4. The highest BCUT2D eigenvalue weighted by Gasteiger charge is 2.17. The number of ether oxygens (including phenoxy) is 2. The molecular formula is C28H29N3O5. The molecule has 0 unspecified atom stereocenters. The lowest BCUT2D eigenvalue weighted by Gasteiger charge is -2.13. The van der Waals surface area contributed by atoms with Crippen molar-refractivity contribution < 1.29 is 23.5 Å². The molecule has 2 aromatic heterocycles. The average Bonchev–Trinajstić information content (AvgIpc) is 3.46. The Bertz CT molecular complexity index is 1330. The predicted octanol–water partition coefficient (Wildman–Crippen LogP) is 5.54. The van der Waals surface area contributed by atoms with Gasteiger partial charge in [0, 0.05) is 10.9 Å².